The van der Waals surface area contributed by atoms with Gasteiger partial charge in [0, 0.05) is 11.6 Å². The lowest BCUT2D eigenvalue weighted by Crippen LogP contribution is -2.36. The maximum Gasteiger partial charge on any atom is 0.320 e. The van der Waals surface area contributed by atoms with Crippen molar-refractivity contribution in [2.45, 2.75) is 19.0 Å². The number of amides is 1. The van der Waals surface area contributed by atoms with Crippen molar-refractivity contribution >= 4 is 17.8 Å². The molecule has 0 aliphatic heterocycles. The van der Waals surface area contributed by atoms with Crippen LogP contribution in [-0.4, -0.2) is 43.2 Å². The molecule has 0 heterocycles. The van der Waals surface area contributed by atoms with Crippen LogP contribution < -0.4 is 26.3 Å². The molecule has 0 radical (unpaired) electrons. The average Bonchev–Trinajstić information content (AvgIpc) is 2.72. The molecule has 0 aliphatic carbocycles. The Balaban J connectivity index is 1.98. The Labute approximate surface area is 168 Å². The summed E-state index contributed by atoms with van der Waals surface area (Å²) in [6.45, 7) is 0.228. The molecule has 0 saturated carbocycles. The minimum atomic E-state index is -1.08. The highest BCUT2D eigenvalue weighted by atomic mass is 16.5. The van der Waals surface area contributed by atoms with Gasteiger partial charge < -0.3 is 26.0 Å². The van der Waals surface area contributed by atoms with E-state index in [-0.39, 0.29) is 18.9 Å². The first-order valence-electron chi connectivity index (χ1n) is 8.73. The number of methoxy groups -OCH3 is 2. The molecule has 1 unspecified atom stereocenters. The van der Waals surface area contributed by atoms with E-state index in [2.05, 4.69) is 10.3 Å². The molecule has 29 heavy (non-hydrogen) atoms. The van der Waals surface area contributed by atoms with Crippen molar-refractivity contribution in [2.75, 3.05) is 14.2 Å². The van der Waals surface area contributed by atoms with E-state index in [9.17, 15) is 9.59 Å². The number of ether oxygens (including phenoxy) is 2. The third-order valence-electron chi connectivity index (χ3n) is 4.07. The SMILES string of the molecule is COc1cc(CN=C(N)NC(=O)c2ccc(CC(N)C(=O)O)cc2)cc(OC)c1. The summed E-state index contributed by atoms with van der Waals surface area (Å²) in [7, 11) is 3.11. The van der Waals surface area contributed by atoms with E-state index in [1.54, 1.807) is 56.7 Å². The fourth-order valence-electron chi connectivity index (χ4n) is 2.50. The Morgan fingerprint density at radius 1 is 1.07 bits per heavy atom. The second-order valence-corrected chi connectivity index (χ2v) is 6.22. The van der Waals surface area contributed by atoms with E-state index in [1.807, 2.05) is 0 Å². The standard InChI is InChI=1S/C20H24N4O5/c1-28-15-7-13(8-16(10-15)29-2)11-23-20(22)24-18(25)14-5-3-12(4-6-14)9-17(21)19(26)27/h3-8,10,17H,9,11,21H2,1-2H3,(H,26,27)(H3,22,23,24,25). The fourth-order valence-corrected chi connectivity index (χ4v) is 2.50. The van der Waals surface area contributed by atoms with Crippen LogP contribution in [0.2, 0.25) is 0 Å². The Hall–Kier alpha value is -3.59. The number of nitrogens with two attached hydrogens (primary N) is 2. The van der Waals surface area contributed by atoms with E-state index in [0.29, 0.717) is 22.6 Å². The highest BCUT2D eigenvalue weighted by Crippen LogP contribution is 2.22. The van der Waals surface area contributed by atoms with Gasteiger partial charge in [0.15, 0.2) is 5.96 Å². The summed E-state index contributed by atoms with van der Waals surface area (Å²) >= 11 is 0. The molecule has 2 aromatic carbocycles. The zero-order valence-corrected chi connectivity index (χ0v) is 16.2. The van der Waals surface area contributed by atoms with Crippen LogP contribution in [0.3, 0.4) is 0 Å². The first-order valence-corrected chi connectivity index (χ1v) is 8.73. The van der Waals surface area contributed by atoms with Gasteiger partial charge in [0.25, 0.3) is 5.91 Å². The van der Waals surface area contributed by atoms with Crippen LogP contribution >= 0.6 is 0 Å². The first-order chi connectivity index (χ1) is 13.8. The molecule has 0 bridgehead atoms. The third kappa shape index (κ3) is 6.51. The van der Waals surface area contributed by atoms with Gasteiger partial charge in [-0.05, 0) is 41.8 Å². The molecule has 0 spiro atoms. The van der Waals surface area contributed by atoms with Crippen LogP contribution in [0.4, 0.5) is 0 Å². The molecule has 0 aromatic heterocycles. The lowest BCUT2D eigenvalue weighted by molar-refractivity contribution is -0.138. The summed E-state index contributed by atoms with van der Waals surface area (Å²) in [5.41, 5.74) is 13.2. The Morgan fingerprint density at radius 2 is 1.66 bits per heavy atom. The maximum absolute atomic E-state index is 12.3. The molecule has 0 fully saturated rings. The summed E-state index contributed by atoms with van der Waals surface area (Å²) in [6, 6.07) is 10.8. The topological polar surface area (TPSA) is 149 Å². The van der Waals surface area contributed by atoms with E-state index >= 15 is 0 Å². The van der Waals surface area contributed by atoms with Crippen molar-refractivity contribution < 1.29 is 24.2 Å². The monoisotopic (exact) mass is 400 g/mol. The van der Waals surface area contributed by atoms with Crippen molar-refractivity contribution in [3.05, 3.63) is 59.2 Å². The number of guanidine groups is 1. The number of benzene rings is 2. The molecule has 2 aromatic rings. The zero-order chi connectivity index (χ0) is 21.4. The van der Waals surface area contributed by atoms with Gasteiger partial charge in [0.05, 0.1) is 20.8 Å². The first kappa shape index (κ1) is 21.7. The summed E-state index contributed by atoms with van der Waals surface area (Å²) < 4.78 is 10.4. The largest absolute Gasteiger partial charge is 0.497 e. The Bertz CT molecular complexity index is 874. The quantitative estimate of drug-likeness (QED) is 0.380. The highest BCUT2D eigenvalue weighted by Gasteiger charge is 2.13. The number of carbonyl (C=O) groups excluding carboxylic acids is 1. The molecular weight excluding hydrogens is 376 g/mol. The van der Waals surface area contributed by atoms with Crippen LogP contribution in [0.1, 0.15) is 21.5 Å². The van der Waals surface area contributed by atoms with Crippen LogP contribution in [0.25, 0.3) is 0 Å². The van der Waals surface area contributed by atoms with E-state index in [4.69, 9.17) is 26.0 Å². The normalized spacial score (nSPS) is 12.2. The van der Waals surface area contributed by atoms with Crippen molar-refractivity contribution in [3.63, 3.8) is 0 Å². The minimum Gasteiger partial charge on any atom is -0.497 e. The third-order valence-corrected chi connectivity index (χ3v) is 4.07. The number of hydrogen-bond donors (Lipinski definition) is 4. The van der Waals surface area contributed by atoms with Gasteiger partial charge >= 0.3 is 5.97 Å². The predicted molar refractivity (Wildman–Crippen MR) is 108 cm³/mol. The molecule has 154 valence electrons. The van der Waals surface area contributed by atoms with Gasteiger partial charge in [-0.15, -0.1) is 0 Å². The zero-order valence-electron chi connectivity index (χ0n) is 16.2. The number of carbonyl (C=O) groups is 2. The number of hydrogen-bond acceptors (Lipinski definition) is 6. The van der Waals surface area contributed by atoms with Crippen molar-refractivity contribution in [1.82, 2.24) is 5.32 Å². The molecular formula is C20H24N4O5. The number of nitrogens with zero attached hydrogens (tertiary/aromatic N) is 1. The van der Waals surface area contributed by atoms with Crippen molar-refractivity contribution in [3.8, 4) is 11.5 Å². The number of carboxylic acid groups (broad SMARTS) is 1. The number of carboxylic acids is 1. The molecule has 0 saturated heterocycles. The molecule has 1 atom stereocenters. The molecule has 1 amide bonds. The fraction of sp³-hybridized carbons (Fsp3) is 0.250. The summed E-state index contributed by atoms with van der Waals surface area (Å²) in [4.78, 5) is 27.2. The Morgan fingerprint density at radius 3 is 2.17 bits per heavy atom. The van der Waals surface area contributed by atoms with Crippen LogP contribution in [0.15, 0.2) is 47.5 Å². The number of nitrogens with one attached hydrogen (secondary N) is 1. The van der Waals surface area contributed by atoms with E-state index in [1.165, 1.54) is 0 Å². The number of rotatable bonds is 8. The van der Waals surface area contributed by atoms with Gasteiger partial charge in [-0.3, -0.25) is 14.9 Å². The lowest BCUT2D eigenvalue weighted by Gasteiger charge is -2.09. The van der Waals surface area contributed by atoms with Gasteiger partial charge in [-0.2, -0.15) is 0 Å². The second kappa shape index (κ2) is 10.1. The molecule has 9 heteroatoms. The Kier molecular flexibility index (Phi) is 7.55. The summed E-state index contributed by atoms with van der Waals surface area (Å²) in [5.74, 6) is -0.290. The second-order valence-electron chi connectivity index (χ2n) is 6.22. The van der Waals surface area contributed by atoms with Crippen LogP contribution in [0.5, 0.6) is 11.5 Å². The van der Waals surface area contributed by atoms with Gasteiger partial charge in [0.2, 0.25) is 0 Å². The molecule has 9 nitrogen and oxygen atoms in total. The van der Waals surface area contributed by atoms with Gasteiger partial charge in [-0.1, -0.05) is 12.1 Å². The van der Waals surface area contributed by atoms with Crippen molar-refractivity contribution in [1.29, 1.82) is 0 Å². The number of aliphatic carboxylic acids is 1. The van der Waals surface area contributed by atoms with Crippen LogP contribution in [-0.2, 0) is 17.8 Å². The van der Waals surface area contributed by atoms with Crippen LogP contribution in [0, 0.1) is 0 Å². The van der Waals surface area contributed by atoms with Crippen molar-refractivity contribution in [2.24, 2.45) is 16.5 Å². The predicted octanol–water partition coefficient (Wildman–Crippen LogP) is 0.903. The van der Waals surface area contributed by atoms with E-state index in [0.717, 1.165) is 5.56 Å². The maximum atomic E-state index is 12.3. The van der Waals surface area contributed by atoms with Gasteiger partial charge in [-0.25, -0.2) is 4.99 Å². The average molecular weight is 400 g/mol. The van der Waals surface area contributed by atoms with E-state index < -0.39 is 17.9 Å². The smallest absolute Gasteiger partial charge is 0.320 e. The minimum absolute atomic E-state index is 0.0336. The lowest BCUT2D eigenvalue weighted by atomic mass is 10.0. The molecule has 0 aliphatic rings. The summed E-state index contributed by atoms with van der Waals surface area (Å²) in [5, 5.41) is 11.4. The molecule has 6 N–H and O–H groups in total. The highest BCUT2D eigenvalue weighted by molar-refractivity contribution is 6.05. The number of aliphatic imine (C=N–C) groups is 1. The molecule has 2 rings (SSSR count). The summed E-state index contributed by atoms with van der Waals surface area (Å²) in [6.07, 6.45) is 0.171. The van der Waals surface area contributed by atoms with Gasteiger partial charge in [0.1, 0.15) is 17.5 Å².